The van der Waals surface area contributed by atoms with Crippen molar-refractivity contribution in [3.8, 4) is 5.75 Å². The van der Waals surface area contributed by atoms with Gasteiger partial charge in [-0.25, -0.2) is 0 Å². The molecule has 82 valence electrons. The minimum absolute atomic E-state index is 0.507. The van der Waals surface area contributed by atoms with E-state index in [1.807, 2.05) is 48.5 Å². The fourth-order valence-electron chi connectivity index (χ4n) is 1.38. The summed E-state index contributed by atoms with van der Waals surface area (Å²) in [5, 5.41) is 0. The summed E-state index contributed by atoms with van der Waals surface area (Å²) in [4.78, 5) is 0. The van der Waals surface area contributed by atoms with Gasteiger partial charge >= 0.3 is 0 Å². The van der Waals surface area contributed by atoms with Crippen LogP contribution >= 0.6 is 22.6 Å². The summed E-state index contributed by atoms with van der Waals surface area (Å²) in [6.45, 7) is 0.507. The Morgan fingerprint density at radius 1 is 1.00 bits per heavy atom. The fraction of sp³-hybridized carbons (Fsp3) is 0.0769. The lowest BCUT2D eigenvalue weighted by Crippen LogP contribution is -2.00. The van der Waals surface area contributed by atoms with Gasteiger partial charge in [0, 0.05) is 11.3 Å². The van der Waals surface area contributed by atoms with Crippen LogP contribution in [0.4, 0.5) is 5.69 Å². The van der Waals surface area contributed by atoms with Gasteiger partial charge in [0.25, 0.3) is 0 Å². The van der Waals surface area contributed by atoms with E-state index in [2.05, 4.69) is 22.6 Å². The Bertz CT molecular complexity index is 439. The quantitative estimate of drug-likeness (QED) is 0.693. The van der Waals surface area contributed by atoms with Crippen molar-refractivity contribution < 1.29 is 4.74 Å². The topological polar surface area (TPSA) is 35.2 Å². The highest BCUT2D eigenvalue weighted by molar-refractivity contribution is 14.1. The third-order valence-electron chi connectivity index (χ3n) is 2.27. The van der Waals surface area contributed by atoms with Crippen LogP contribution in [-0.4, -0.2) is 0 Å². The van der Waals surface area contributed by atoms with Gasteiger partial charge in [-0.2, -0.15) is 0 Å². The third kappa shape index (κ3) is 2.66. The van der Waals surface area contributed by atoms with Gasteiger partial charge in [0.2, 0.25) is 0 Å². The molecule has 16 heavy (non-hydrogen) atoms. The Hall–Kier alpha value is -1.23. The normalized spacial score (nSPS) is 10.1. The lowest BCUT2D eigenvalue weighted by molar-refractivity contribution is 0.304. The van der Waals surface area contributed by atoms with E-state index in [4.69, 9.17) is 10.5 Å². The van der Waals surface area contributed by atoms with Gasteiger partial charge in [-0.15, -0.1) is 0 Å². The van der Waals surface area contributed by atoms with Crippen molar-refractivity contribution >= 4 is 28.3 Å². The third-order valence-corrected chi connectivity index (χ3v) is 3.17. The maximum atomic E-state index is 5.84. The van der Waals surface area contributed by atoms with Gasteiger partial charge in [-0.1, -0.05) is 30.3 Å². The van der Waals surface area contributed by atoms with Crippen molar-refractivity contribution in [3.63, 3.8) is 0 Å². The number of anilines is 1. The molecule has 0 aliphatic rings. The molecule has 2 aromatic carbocycles. The number of halogens is 1. The zero-order chi connectivity index (χ0) is 11.4. The highest BCUT2D eigenvalue weighted by atomic mass is 127. The van der Waals surface area contributed by atoms with Gasteiger partial charge in [0.05, 0.1) is 3.57 Å². The van der Waals surface area contributed by atoms with Crippen molar-refractivity contribution in [1.29, 1.82) is 0 Å². The molecular formula is C13H12INO. The van der Waals surface area contributed by atoms with E-state index in [-0.39, 0.29) is 0 Å². The summed E-state index contributed by atoms with van der Waals surface area (Å²) in [6, 6.07) is 15.7. The lowest BCUT2D eigenvalue weighted by Gasteiger charge is -2.09. The summed E-state index contributed by atoms with van der Waals surface area (Å²) in [5.74, 6) is 0.895. The molecule has 3 heteroatoms. The number of rotatable bonds is 3. The van der Waals surface area contributed by atoms with Crippen LogP contribution in [-0.2, 0) is 6.61 Å². The first kappa shape index (κ1) is 11.3. The summed E-state index contributed by atoms with van der Waals surface area (Å²) < 4.78 is 6.82. The van der Waals surface area contributed by atoms with Crippen molar-refractivity contribution in [1.82, 2.24) is 0 Å². The van der Waals surface area contributed by atoms with Gasteiger partial charge in [-0.05, 0) is 40.8 Å². The second-order valence-electron chi connectivity index (χ2n) is 3.42. The van der Waals surface area contributed by atoms with Crippen LogP contribution < -0.4 is 10.5 Å². The number of ether oxygens (including phenoxy) is 1. The van der Waals surface area contributed by atoms with Crippen molar-refractivity contribution in [3.05, 3.63) is 57.7 Å². The largest absolute Gasteiger partial charge is 0.488 e. The maximum Gasteiger partial charge on any atom is 0.133 e. The molecule has 2 rings (SSSR count). The Morgan fingerprint density at radius 3 is 2.44 bits per heavy atom. The molecule has 0 unspecified atom stereocenters. The summed E-state index contributed by atoms with van der Waals surface area (Å²) in [5.41, 5.74) is 7.63. The molecule has 0 aromatic heterocycles. The van der Waals surface area contributed by atoms with Crippen molar-refractivity contribution in [2.75, 3.05) is 5.73 Å². The SMILES string of the molecule is Nc1ccccc1COc1ccccc1I. The molecule has 2 N–H and O–H groups in total. The van der Waals surface area contributed by atoms with E-state index < -0.39 is 0 Å². The Morgan fingerprint density at radius 2 is 1.69 bits per heavy atom. The average molecular weight is 325 g/mol. The molecule has 0 aliphatic heterocycles. The molecule has 0 saturated heterocycles. The first-order chi connectivity index (χ1) is 7.77. The summed E-state index contributed by atoms with van der Waals surface area (Å²) >= 11 is 2.26. The van der Waals surface area contributed by atoms with Gasteiger partial charge < -0.3 is 10.5 Å². The first-order valence-electron chi connectivity index (χ1n) is 4.98. The van der Waals surface area contributed by atoms with E-state index in [1.165, 1.54) is 0 Å². The zero-order valence-electron chi connectivity index (χ0n) is 8.69. The average Bonchev–Trinajstić information content (AvgIpc) is 2.30. The predicted octanol–water partition coefficient (Wildman–Crippen LogP) is 3.45. The van der Waals surface area contributed by atoms with Crippen molar-refractivity contribution in [2.45, 2.75) is 6.61 Å². The van der Waals surface area contributed by atoms with Crippen LogP contribution in [0.2, 0.25) is 0 Å². The minimum Gasteiger partial charge on any atom is -0.488 e. The first-order valence-corrected chi connectivity index (χ1v) is 6.06. The minimum atomic E-state index is 0.507. The Kier molecular flexibility index (Phi) is 3.66. The molecule has 0 bridgehead atoms. The molecule has 2 aromatic rings. The molecule has 2 nitrogen and oxygen atoms in total. The second-order valence-corrected chi connectivity index (χ2v) is 4.58. The Balaban J connectivity index is 2.09. The molecule has 0 heterocycles. The van der Waals surface area contributed by atoms with Crippen LogP contribution in [0.1, 0.15) is 5.56 Å². The molecule has 0 aliphatic carbocycles. The van der Waals surface area contributed by atoms with Crippen molar-refractivity contribution in [2.24, 2.45) is 0 Å². The number of nitrogen functional groups attached to an aromatic ring is 1. The summed E-state index contributed by atoms with van der Waals surface area (Å²) in [7, 11) is 0. The second kappa shape index (κ2) is 5.21. The van der Waals surface area contributed by atoms with Gasteiger partial charge in [0.15, 0.2) is 0 Å². The monoisotopic (exact) mass is 325 g/mol. The van der Waals surface area contributed by atoms with E-state index in [0.29, 0.717) is 6.61 Å². The molecular weight excluding hydrogens is 313 g/mol. The van der Waals surface area contributed by atoms with E-state index in [1.54, 1.807) is 0 Å². The lowest BCUT2D eigenvalue weighted by atomic mass is 10.2. The maximum absolute atomic E-state index is 5.84. The van der Waals surface area contributed by atoms with E-state index in [9.17, 15) is 0 Å². The Labute approximate surface area is 109 Å². The number of benzene rings is 2. The van der Waals surface area contributed by atoms with E-state index >= 15 is 0 Å². The molecule has 0 amide bonds. The number of hydrogen-bond acceptors (Lipinski definition) is 2. The van der Waals surface area contributed by atoms with Gasteiger partial charge in [-0.3, -0.25) is 0 Å². The molecule has 0 fully saturated rings. The highest BCUT2D eigenvalue weighted by Gasteiger charge is 2.01. The standard InChI is InChI=1S/C13H12INO/c14-11-6-2-4-8-13(11)16-9-10-5-1-3-7-12(10)15/h1-8H,9,15H2. The highest BCUT2D eigenvalue weighted by Crippen LogP contribution is 2.21. The number of nitrogens with two attached hydrogens (primary N) is 1. The molecule has 0 saturated carbocycles. The predicted molar refractivity (Wildman–Crippen MR) is 74.3 cm³/mol. The number of para-hydroxylation sites is 2. The fourth-order valence-corrected chi connectivity index (χ4v) is 1.93. The van der Waals surface area contributed by atoms with Crippen LogP contribution in [0.15, 0.2) is 48.5 Å². The molecule has 0 spiro atoms. The van der Waals surface area contributed by atoms with Crippen LogP contribution in [0.3, 0.4) is 0 Å². The van der Waals surface area contributed by atoms with Gasteiger partial charge in [0.1, 0.15) is 12.4 Å². The van der Waals surface area contributed by atoms with Crippen LogP contribution in [0, 0.1) is 3.57 Å². The van der Waals surface area contributed by atoms with E-state index in [0.717, 1.165) is 20.6 Å². The molecule has 0 atom stereocenters. The van der Waals surface area contributed by atoms with Crippen LogP contribution in [0.25, 0.3) is 0 Å². The zero-order valence-corrected chi connectivity index (χ0v) is 10.8. The smallest absolute Gasteiger partial charge is 0.133 e. The number of hydrogen-bond donors (Lipinski definition) is 1. The van der Waals surface area contributed by atoms with Crippen LogP contribution in [0.5, 0.6) is 5.75 Å². The summed E-state index contributed by atoms with van der Waals surface area (Å²) in [6.07, 6.45) is 0. The molecule has 0 radical (unpaired) electrons.